The predicted molar refractivity (Wildman–Crippen MR) is 72.6 cm³/mol. The number of hydrogen-bond donors (Lipinski definition) is 2. The van der Waals surface area contributed by atoms with Crippen LogP contribution in [0.1, 0.15) is 18.4 Å². The molecule has 3 saturated heterocycles. The summed E-state index contributed by atoms with van der Waals surface area (Å²) >= 11 is 0. The van der Waals surface area contributed by atoms with Gasteiger partial charge in [0.2, 0.25) is 5.91 Å². The van der Waals surface area contributed by atoms with Gasteiger partial charge in [0.1, 0.15) is 5.54 Å². The zero-order valence-corrected chi connectivity index (χ0v) is 11.0. The summed E-state index contributed by atoms with van der Waals surface area (Å²) < 4.78 is 0. The Hall–Kier alpha value is -1.39. The van der Waals surface area contributed by atoms with Gasteiger partial charge < -0.3 is 10.2 Å². The fraction of sp³-hybridized carbons (Fsp3) is 0.533. The number of β-lactam (4-membered cyclic amide) rings is 1. The first-order valence-corrected chi connectivity index (χ1v) is 7.05. The molecule has 4 rings (SSSR count). The summed E-state index contributed by atoms with van der Waals surface area (Å²) in [5.41, 5.74) is 1.19. The molecule has 0 saturated carbocycles. The van der Waals surface area contributed by atoms with Crippen LogP contribution in [0.2, 0.25) is 0 Å². The molecular formula is C15H19N3O. The Morgan fingerprint density at radius 1 is 1.16 bits per heavy atom. The van der Waals surface area contributed by atoms with Crippen LogP contribution in [0.15, 0.2) is 30.3 Å². The van der Waals surface area contributed by atoms with Gasteiger partial charge in [-0.1, -0.05) is 30.3 Å². The zero-order chi connectivity index (χ0) is 12.9. The Balaban J connectivity index is 1.43. The van der Waals surface area contributed by atoms with Crippen molar-refractivity contribution in [2.24, 2.45) is 0 Å². The molecule has 1 unspecified atom stereocenters. The minimum absolute atomic E-state index is 0.217. The van der Waals surface area contributed by atoms with Crippen molar-refractivity contribution < 1.29 is 4.79 Å². The van der Waals surface area contributed by atoms with E-state index in [0.29, 0.717) is 5.91 Å². The van der Waals surface area contributed by atoms with E-state index in [2.05, 4.69) is 22.8 Å². The third-order valence-electron chi connectivity index (χ3n) is 4.84. The predicted octanol–water partition coefficient (Wildman–Crippen LogP) is 0.493. The molecule has 1 aromatic carbocycles. The van der Waals surface area contributed by atoms with E-state index in [1.165, 1.54) is 5.56 Å². The molecule has 1 amide bonds. The van der Waals surface area contributed by atoms with E-state index in [1.807, 2.05) is 23.1 Å². The highest BCUT2D eigenvalue weighted by atomic mass is 16.2. The molecule has 0 radical (unpaired) electrons. The number of nitrogens with one attached hydrogen (secondary N) is 2. The highest BCUT2D eigenvalue weighted by Gasteiger charge is 2.60. The highest BCUT2D eigenvalue weighted by Crippen LogP contribution is 2.40. The first-order valence-electron chi connectivity index (χ1n) is 7.05. The Bertz CT molecular complexity index is 511. The number of hydrogen-bond acceptors (Lipinski definition) is 3. The Kier molecular flexibility index (Phi) is 2.29. The van der Waals surface area contributed by atoms with E-state index in [1.54, 1.807) is 0 Å². The number of rotatable bonds is 2. The van der Waals surface area contributed by atoms with Crippen LogP contribution in [0.25, 0.3) is 0 Å². The van der Waals surface area contributed by atoms with E-state index in [9.17, 15) is 4.79 Å². The summed E-state index contributed by atoms with van der Waals surface area (Å²) in [7, 11) is 0. The topological polar surface area (TPSA) is 44.4 Å². The smallest absolute Gasteiger partial charge is 0.245 e. The molecule has 1 atom stereocenters. The maximum Gasteiger partial charge on any atom is 0.245 e. The second-order valence-corrected chi connectivity index (χ2v) is 6.24. The van der Waals surface area contributed by atoms with Crippen LogP contribution in [0.3, 0.4) is 0 Å². The van der Waals surface area contributed by atoms with Gasteiger partial charge in [0, 0.05) is 31.7 Å². The summed E-state index contributed by atoms with van der Waals surface area (Å²) in [6.45, 7) is 3.64. The molecule has 3 aliphatic rings. The lowest BCUT2D eigenvalue weighted by atomic mass is 9.86. The minimum atomic E-state index is -0.239. The van der Waals surface area contributed by atoms with E-state index in [-0.39, 0.29) is 11.1 Å². The summed E-state index contributed by atoms with van der Waals surface area (Å²) in [6.07, 6.45) is 2.13. The number of carbonyl (C=O) groups excluding carboxylic acids is 1. The van der Waals surface area contributed by atoms with Crippen molar-refractivity contribution in [3.63, 3.8) is 0 Å². The maximum absolute atomic E-state index is 12.5. The molecule has 0 bridgehead atoms. The van der Waals surface area contributed by atoms with Crippen LogP contribution < -0.4 is 10.6 Å². The molecular weight excluding hydrogens is 238 g/mol. The molecule has 19 heavy (non-hydrogen) atoms. The summed E-state index contributed by atoms with van der Waals surface area (Å²) in [5.74, 6) is 0.292. The lowest BCUT2D eigenvalue weighted by molar-refractivity contribution is -0.153. The van der Waals surface area contributed by atoms with Crippen LogP contribution in [-0.2, 0) is 11.3 Å². The van der Waals surface area contributed by atoms with Crippen molar-refractivity contribution in [3.8, 4) is 0 Å². The molecule has 3 fully saturated rings. The van der Waals surface area contributed by atoms with Gasteiger partial charge in [0.15, 0.2) is 0 Å². The summed E-state index contributed by atoms with van der Waals surface area (Å²) in [4.78, 5) is 14.4. The van der Waals surface area contributed by atoms with Gasteiger partial charge in [-0.25, -0.2) is 0 Å². The molecule has 100 valence electrons. The number of carbonyl (C=O) groups is 1. The normalized spacial score (nSPS) is 31.6. The zero-order valence-electron chi connectivity index (χ0n) is 11.0. The van der Waals surface area contributed by atoms with Crippen molar-refractivity contribution in [1.82, 2.24) is 15.5 Å². The number of likely N-dealkylation sites (tertiary alicyclic amines) is 1. The lowest BCUT2D eigenvalue weighted by Gasteiger charge is -2.50. The second-order valence-electron chi connectivity index (χ2n) is 6.24. The van der Waals surface area contributed by atoms with Crippen LogP contribution >= 0.6 is 0 Å². The molecule has 2 spiro atoms. The quantitative estimate of drug-likeness (QED) is 0.758. The number of amides is 1. The minimum Gasteiger partial charge on any atom is -0.334 e. The molecule has 3 heterocycles. The molecule has 0 aromatic heterocycles. The number of benzene rings is 1. The van der Waals surface area contributed by atoms with Gasteiger partial charge in [0.05, 0.1) is 0 Å². The SMILES string of the molecule is O=C1N(Cc2ccccc2)CC12CCC1(CNC1)N2. The van der Waals surface area contributed by atoms with Gasteiger partial charge in [-0.15, -0.1) is 0 Å². The van der Waals surface area contributed by atoms with E-state index in [4.69, 9.17) is 0 Å². The van der Waals surface area contributed by atoms with Crippen molar-refractivity contribution >= 4 is 5.91 Å². The average Bonchev–Trinajstić information content (AvgIpc) is 2.82. The monoisotopic (exact) mass is 257 g/mol. The number of nitrogens with zero attached hydrogens (tertiary/aromatic N) is 1. The van der Waals surface area contributed by atoms with Crippen LogP contribution in [0.4, 0.5) is 0 Å². The molecule has 4 nitrogen and oxygen atoms in total. The largest absolute Gasteiger partial charge is 0.334 e. The molecule has 4 heteroatoms. The first kappa shape index (κ1) is 11.4. The van der Waals surface area contributed by atoms with Gasteiger partial charge >= 0.3 is 0 Å². The molecule has 3 aliphatic heterocycles. The molecule has 0 aliphatic carbocycles. The van der Waals surface area contributed by atoms with Crippen LogP contribution in [-0.4, -0.2) is 41.5 Å². The molecule has 1 aromatic rings. The maximum atomic E-state index is 12.5. The van der Waals surface area contributed by atoms with Gasteiger partial charge in [-0.3, -0.25) is 10.1 Å². The highest BCUT2D eigenvalue weighted by molar-refractivity contribution is 5.93. The van der Waals surface area contributed by atoms with Crippen LogP contribution in [0, 0.1) is 0 Å². The Morgan fingerprint density at radius 2 is 1.95 bits per heavy atom. The van der Waals surface area contributed by atoms with E-state index < -0.39 is 0 Å². The Morgan fingerprint density at radius 3 is 2.53 bits per heavy atom. The van der Waals surface area contributed by atoms with Gasteiger partial charge in [-0.05, 0) is 18.4 Å². The van der Waals surface area contributed by atoms with Crippen molar-refractivity contribution in [2.75, 3.05) is 19.6 Å². The average molecular weight is 257 g/mol. The van der Waals surface area contributed by atoms with Gasteiger partial charge in [-0.2, -0.15) is 0 Å². The van der Waals surface area contributed by atoms with Gasteiger partial charge in [0.25, 0.3) is 0 Å². The van der Waals surface area contributed by atoms with Crippen LogP contribution in [0.5, 0.6) is 0 Å². The van der Waals surface area contributed by atoms with Crippen molar-refractivity contribution in [2.45, 2.75) is 30.5 Å². The summed E-state index contributed by atoms with van der Waals surface area (Å²) in [6, 6.07) is 10.2. The third kappa shape index (κ3) is 1.63. The third-order valence-corrected chi connectivity index (χ3v) is 4.84. The fourth-order valence-corrected chi connectivity index (χ4v) is 3.66. The second kappa shape index (κ2) is 3.81. The lowest BCUT2D eigenvalue weighted by Crippen LogP contribution is -2.77. The van der Waals surface area contributed by atoms with Crippen molar-refractivity contribution in [1.29, 1.82) is 0 Å². The summed E-state index contributed by atoms with van der Waals surface area (Å²) in [5, 5.41) is 6.94. The van der Waals surface area contributed by atoms with Crippen molar-refractivity contribution in [3.05, 3.63) is 35.9 Å². The van der Waals surface area contributed by atoms with E-state index in [0.717, 1.165) is 39.0 Å². The first-order chi connectivity index (χ1) is 9.22. The van der Waals surface area contributed by atoms with E-state index >= 15 is 0 Å². The Labute approximate surface area is 113 Å². The standard InChI is InChI=1S/C15H19N3O/c19-13-15(7-6-14(17-15)9-16-10-14)11-18(13)8-12-4-2-1-3-5-12/h1-5,16-17H,6-11H2. The molecule has 2 N–H and O–H groups in total. The fourth-order valence-electron chi connectivity index (χ4n) is 3.66.